The number of hydrogen-bond acceptors (Lipinski definition) is 3. The second-order valence-corrected chi connectivity index (χ2v) is 7.57. The molecule has 2 fully saturated rings. The van der Waals surface area contributed by atoms with Crippen LogP contribution in [-0.4, -0.2) is 47.8 Å². The Morgan fingerprint density at radius 3 is 2.21 bits per heavy atom. The van der Waals surface area contributed by atoms with E-state index in [1.807, 2.05) is 18.2 Å². The number of benzene rings is 2. The fraction of sp³-hybridized carbons (Fsp3) is 0.364. The summed E-state index contributed by atoms with van der Waals surface area (Å²) in [6.45, 7) is 3.65. The van der Waals surface area contributed by atoms with Gasteiger partial charge in [-0.2, -0.15) is 0 Å². The van der Waals surface area contributed by atoms with Gasteiger partial charge in [0.2, 0.25) is 11.8 Å². The maximum absolute atomic E-state index is 13.8. The molecule has 4 rings (SSSR count). The Balaban J connectivity index is 1.34. The van der Waals surface area contributed by atoms with Crippen molar-refractivity contribution in [3.8, 4) is 0 Å². The first kappa shape index (κ1) is 18.6. The number of halogens is 1. The number of nitrogens with one attached hydrogen (secondary N) is 1. The fourth-order valence-corrected chi connectivity index (χ4v) is 3.72. The molecule has 1 N–H and O–H groups in total. The van der Waals surface area contributed by atoms with E-state index in [1.54, 1.807) is 17.0 Å². The average molecular weight is 381 g/mol. The van der Waals surface area contributed by atoms with E-state index in [0.29, 0.717) is 25.9 Å². The monoisotopic (exact) mass is 381 g/mol. The molecule has 0 radical (unpaired) electrons. The summed E-state index contributed by atoms with van der Waals surface area (Å²) in [4.78, 5) is 29.8. The maximum Gasteiger partial charge on any atom is 0.240 e. The third kappa shape index (κ3) is 3.78. The zero-order valence-corrected chi connectivity index (χ0v) is 15.7. The molecule has 1 saturated heterocycles. The largest absolute Gasteiger partial charge is 0.339 e. The Kier molecular flexibility index (Phi) is 5.13. The van der Waals surface area contributed by atoms with Crippen LogP contribution in [0.4, 0.5) is 10.1 Å². The van der Waals surface area contributed by atoms with Crippen LogP contribution in [-0.2, 0) is 16.1 Å². The summed E-state index contributed by atoms with van der Waals surface area (Å²) in [6.07, 6.45) is 1.05. The smallest absolute Gasteiger partial charge is 0.240 e. The van der Waals surface area contributed by atoms with Crippen molar-refractivity contribution in [1.29, 1.82) is 0 Å². The second-order valence-electron chi connectivity index (χ2n) is 7.57. The average Bonchev–Trinajstić information content (AvgIpc) is 3.53. The van der Waals surface area contributed by atoms with Crippen molar-refractivity contribution in [1.82, 2.24) is 9.80 Å². The zero-order valence-electron chi connectivity index (χ0n) is 15.7. The molecular formula is C22H24FN3O2. The molecule has 0 atom stereocenters. The number of nitrogens with zero attached hydrogens (tertiary/aromatic N) is 2. The first-order valence-electron chi connectivity index (χ1n) is 9.70. The molecule has 2 amide bonds. The molecule has 0 spiro atoms. The van der Waals surface area contributed by atoms with Crippen molar-refractivity contribution in [2.75, 3.05) is 31.5 Å². The molecular weight excluding hydrogens is 357 g/mol. The van der Waals surface area contributed by atoms with E-state index in [9.17, 15) is 14.0 Å². The molecule has 1 heterocycles. The Morgan fingerprint density at radius 2 is 1.57 bits per heavy atom. The van der Waals surface area contributed by atoms with Gasteiger partial charge in [0.1, 0.15) is 11.2 Å². The molecule has 0 unspecified atom stereocenters. The van der Waals surface area contributed by atoms with Crippen molar-refractivity contribution in [3.63, 3.8) is 0 Å². The number of carbonyl (C=O) groups is 2. The molecule has 6 heteroatoms. The highest BCUT2D eigenvalue weighted by molar-refractivity contribution is 6.13. The third-order valence-electron chi connectivity index (χ3n) is 5.62. The molecule has 2 aromatic carbocycles. The van der Waals surface area contributed by atoms with Gasteiger partial charge in [0, 0.05) is 32.7 Å². The third-order valence-corrected chi connectivity index (χ3v) is 5.62. The SMILES string of the molecule is O=C(Nc1ccccc1F)C1(C(=O)N2CCN(Cc3ccccc3)CC2)CC1. The van der Waals surface area contributed by atoms with Crippen LogP contribution in [0, 0.1) is 11.2 Å². The molecule has 2 aliphatic rings. The van der Waals surface area contributed by atoms with Gasteiger partial charge < -0.3 is 10.2 Å². The van der Waals surface area contributed by atoms with Crippen LogP contribution in [0.15, 0.2) is 54.6 Å². The number of carbonyl (C=O) groups excluding carboxylic acids is 2. The molecule has 1 saturated carbocycles. The molecule has 2 aromatic rings. The summed E-state index contributed by atoms with van der Waals surface area (Å²) < 4.78 is 13.8. The van der Waals surface area contributed by atoms with Crippen molar-refractivity contribution in [2.24, 2.45) is 5.41 Å². The van der Waals surface area contributed by atoms with Gasteiger partial charge in [-0.3, -0.25) is 14.5 Å². The zero-order chi connectivity index (χ0) is 19.6. The molecule has 0 aromatic heterocycles. The van der Waals surface area contributed by atoms with Crippen LogP contribution in [0.3, 0.4) is 0 Å². The lowest BCUT2D eigenvalue weighted by Gasteiger charge is -2.36. The first-order chi connectivity index (χ1) is 13.6. The predicted molar refractivity (Wildman–Crippen MR) is 105 cm³/mol. The van der Waals surface area contributed by atoms with Crippen molar-refractivity contribution >= 4 is 17.5 Å². The molecule has 1 aliphatic heterocycles. The second kappa shape index (κ2) is 7.72. The number of piperazine rings is 1. The Bertz CT molecular complexity index is 859. The molecule has 0 bridgehead atoms. The standard InChI is InChI=1S/C22H24FN3O2/c23-18-8-4-5-9-19(18)24-20(27)22(10-11-22)21(28)26-14-12-25(13-15-26)16-17-6-2-1-3-7-17/h1-9H,10-16H2,(H,24,27). The lowest BCUT2D eigenvalue weighted by atomic mass is 10.0. The normalized spacial score (nSPS) is 18.5. The van der Waals surface area contributed by atoms with E-state index in [-0.39, 0.29) is 11.6 Å². The molecule has 146 valence electrons. The highest BCUT2D eigenvalue weighted by atomic mass is 19.1. The van der Waals surface area contributed by atoms with Crippen LogP contribution in [0.2, 0.25) is 0 Å². The number of rotatable bonds is 5. The molecule has 5 nitrogen and oxygen atoms in total. The minimum atomic E-state index is -1.02. The summed E-state index contributed by atoms with van der Waals surface area (Å²) in [5.74, 6) is -1.01. The van der Waals surface area contributed by atoms with Gasteiger partial charge in [-0.15, -0.1) is 0 Å². The Labute approximate surface area is 164 Å². The van der Waals surface area contributed by atoms with Crippen LogP contribution in [0.25, 0.3) is 0 Å². The van der Waals surface area contributed by atoms with E-state index < -0.39 is 17.1 Å². The minimum Gasteiger partial charge on any atom is -0.339 e. The predicted octanol–water partition coefficient (Wildman–Crippen LogP) is 2.89. The number of hydrogen-bond donors (Lipinski definition) is 1. The summed E-state index contributed by atoms with van der Waals surface area (Å²) in [5, 5.41) is 2.60. The van der Waals surface area contributed by atoms with E-state index in [1.165, 1.54) is 17.7 Å². The van der Waals surface area contributed by atoms with Gasteiger partial charge in [0.05, 0.1) is 5.69 Å². The van der Waals surface area contributed by atoms with Crippen LogP contribution in [0.5, 0.6) is 0 Å². The van der Waals surface area contributed by atoms with Crippen molar-refractivity contribution in [2.45, 2.75) is 19.4 Å². The number of anilines is 1. The summed E-state index contributed by atoms with van der Waals surface area (Å²) in [7, 11) is 0. The van der Waals surface area contributed by atoms with Crippen molar-refractivity contribution in [3.05, 3.63) is 66.0 Å². The Hall–Kier alpha value is -2.73. The van der Waals surface area contributed by atoms with E-state index in [4.69, 9.17) is 0 Å². The van der Waals surface area contributed by atoms with Gasteiger partial charge in [-0.1, -0.05) is 42.5 Å². The van der Waals surface area contributed by atoms with Crippen LogP contribution in [0.1, 0.15) is 18.4 Å². The maximum atomic E-state index is 13.8. The lowest BCUT2D eigenvalue weighted by Crippen LogP contribution is -2.52. The lowest BCUT2D eigenvalue weighted by molar-refractivity contribution is -0.143. The summed E-state index contributed by atoms with van der Waals surface area (Å²) >= 11 is 0. The van der Waals surface area contributed by atoms with E-state index in [2.05, 4.69) is 22.3 Å². The van der Waals surface area contributed by atoms with Gasteiger partial charge in [0.15, 0.2) is 0 Å². The van der Waals surface area contributed by atoms with Crippen LogP contribution >= 0.6 is 0 Å². The van der Waals surface area contributed by atoms with Crippen molar-refractivity contribution < 1.29 is 14.0 Å². The quantitative estimate of drug-likeness (QED) is 0.811. The topological polar surface area (TPSA) is 52.7 Å². The number of para-hydroxylation sites is 1. The number of amides is 2. The summed E-state index contributed by atoms with van der Waals surface area (Å²) in [6, 6.07) is 16.3. The van der Waals surface area contributed by atoms with Gasteiger partial charge in [0.25, 0.3) is 0 Å². The molecule has 28 heavy (non-hydrogen) atoms. The first-order valence-corrected chi connectivity index (χ1v) is 9.70. The van der Waals surface area contributed by atoms with Gasteiger partial charge >= 0.3 is 0 Å². The van der Waals surface area contributed by atoms with Gasteiger partial charge in [-0.05, 0) is 30.5 Å². The van der Waals surface area contributed by atoms with E-state index in [0.717, 1.165) is 19.6 Å². The molecule has 1 aliphatic carbocycles. The highest BCUT2D eigenvalue weighted by Crippen LogP contribution is 2.48. The fourth-order valence-electron chi connectivity index (χ4n) is 3.72. The van der Waals surface area contributed by atoms with Crippen LogP contribution < -0.4 is 5.32 Å². The van der Waals surface area contributed by atoms with E-state index >= 15 is 0 Å². The minimum absolute atomic E-state index is 0.124. The summed E-state index contributed by atoms with van der Waals surface area (Å²) in [5.41, 5.74) is 0.355. The highest BCUT2D eigenvalue weighted by Gasteiger charge is 2.58. The Morgan fingerprint density at radius 1 is 0.929 bits per heavy atom. The van der Waals surface area contributed by atoms with Gasteiger partial charge in [-0.25, -0.2) is 4.39 Å².